The summed E-state index contributed by atoms with van der Waals surface area (Å²) in [7, 11) is 0. The first-order valence-electron chi connectivity index (χ1n) is 3.61. The average molecular weight is 161 g/mol. The molecule has 0 aliphatic rings. The van der Waals surface area contributed by atoms with Crippen LogP contribution in [-0.4, -0.2) is 17.7 Å². The summed E-state index contributed by atoms with van der Waals surface area (Å²) in [4.78, 5) is 10.8. The summed E-state index contributed by atoms with van der Waals surface area (Å²) >= 11 is 4.16. The van der Waals surface area contributed by atoms with Crippen molar-refractivity contribution in [3.05, 3.63) is 0 Å². The zero-order valence-corrected chi connectivity index (χ0v) is 7.45. The molecule has 0 spiro atoms. The van der Waals surface area contributed by atoms with Crippen molar-refractivity contribution in [3.8, 4) is 0 Å². The van der Waals surface area contributed by atoms with Gasteiger partial charge in [-0.15, -0.1) is 0 Å². The molecule has 10 heavy (non-hydrogen) atoms. The third kappa shape index (κ3) is 5.95. The molecular formula is C7H15NOS. The average Bonchev–Trinajstić information content (AvgIpc) is 1.85. The lowest BCUT2D eigenvalue weighted by Crippen LogP contribution is -2.22. The standard InChI is InChI=1S/C7H15NOS/c1-3-8-7(9)5-4-6(2)10/h6,10H,3-5H2,1-2H3,(H,8,9). The van der Waals surface area contributed by atoms with E-state index in [1.807, 2.05) is 13.8 Å². The quantitative estimate of drug-likeness (QED) is 0.596. The Balaban J connectivity index is 3.22. The maximum Gasteiger partial charge on any atom is 0.220 e. The molecule has 1 unspecified atom stereocenters. The SMILES string of the molecule is CCNC(=O)CCC(C)S. The molecule has 0 bridgehead atoms. The van der Waals surface area contributed by atoms with E-state index in [2.05, 4.69) is 17.9 Å². The van der Waals surface area contributed by atoms with Crippen molar-refractivity contribution >= 4 is 18.5 Å². The lowest BCUT2D eigenvalue weighted by Gasteiger charge is -2.02. The van der Waals surface area contributed by atoms with Gasteiger partial charge in [-0.3, -0.25) is 4.79 Å². The van der Waals surface area contributed by atoms with Crippen molar-refractivity contribution in [2.24, 2.45) is 0 Å². The highest BCUT2D eigenvalue weighted by Crippen LogP contribution is 2.01. The van der Waals surface area contributed by atoms with E-state index in [0.29, 0.717) is 11.7 Å². The summed E-state index contributed by atoms with van der Waals surface area (Å²) in [6.45, 7) is 4.63. The third-order valence-corrected chi connectivity index (χ3v) is 1.42. The molecule has 0 aliphatic heterocycles. The Morgan fingerprint density at radius 1 is 1.70 bits per heavy atom. The highest BCUT2D eigenvalue weighted by atomic mass is 32.1. The number of carbonyl (C=O) groups excluding carboxylic acids is 1. The van der Waals surface area contributed by atoms with Gasteiger partial charge in [0.25, 0.3) is 0 Å². The first-order valence-corrected chi connectivity index (χ1v) is 4.13. The predicted molar refractivity (Wildman–Crippen MR) is 46.4 cm³/mol. The molecule has 0 fully saturated rings. The molecule has 0 aromatic rings. The highest BCUT2D eigenvalue weighted by molar-refractivity contribution is 7.80. The molecule has 0 aliphatic carbocycles. The molecular weight excluding hydrogens is 146 g/mol. The van der Waals surface area contributed by atoms with Gasteiger partial charge in [-0.25, -0.2) is 0 Å². The van der Waals surface area contributed by atoms with Crippen LogP contribution in [0.4, 0.5) is 0 Å². The Morgan fingerprint density at radius 2 is 2.30 bits per heavy atom. The van der Waals surface area contributed by atoms with E-state index in [4.69, 9.17) is 0 Å². The fraction of sp³-hybridized carbons (Fsp3) is 0.857. The van der Waals surface area contributed by atoms with Gasteiger partial charge in [0.1, 0.15) is 0 Å². The summed E-state index contributed by atoms with van der Waals surface area (Å²) in [5.74, 6) is 0.128. The smallest absolute Gasteiger partial charge is 0.220 e. The lowest BCUT2D eigenvalue weighted by molar-refractivity contribution is -0.121. The molecule has 0 saturated carbocycles. The molecule has 2 nitrogen and oxygen atoms in total. The Hall–Kier alpha value is -0.180. The summed E-state index contributed by atoms with van der Waals surface area (Å²) in [5, 5.41) is 3.05. The fourth-order valence-electron chi connectivity index (χ4n) is 0.626. The molecule has 0 rings (SSSR count). The van der Waals surface area contributed by atoms with Gasteiger partial charge < -0.3 is 5.32 Å². The van der Waals surface area contributed by atoms with Crippen LogP contribution in [0.15, 0.2) is 0 Å². The third-order valence-electron chi connectivity index (χ3n) is 1.16. The molecule has 1 N–H and O–H groups in total. The first kappa shape index (κ1) is 9.82. The van der Waals surface area contributed by atoms with E-state index in [-0.39, 0.29) is 5.91 Å². The van der Waals surface area contributed by atoms with Gasteiger partial charge in [0.2, 0.25) is 5.91 Å². The number of carbonyl (C=O) groups is 1. The van der Waals surface area contributed by atoms with Crippen molar-refractivity contribution in [3.63, 3.8) is 0 Å². The number of amides is 1. The van der Waals surface area contributed by atoms with Crippen LogP contribution in [0.1, 0.15) is 26.7 Å². The van der Waals surface area contributed by atoms with Crippen LogP contribution < -0.4 is 5.32 Å². The summed E-state index contributed by atoms with van der Waals surface area (Å²) < 4.78 is 0. The zero-order chi connectivity index (χ0) is 7.98. The Labute approximate surface area is 67.8 Å². The number of hydrogen-bond donors (Lipinski definition) is 2. The molecule has 0 aromatic carbocycles. The van der Waals surface area contributed by atoms with Crippen LogP contribution in [0.5, 0.6) is 0 Å². The molecule has 0 heterocycles. The second-order valence-corrected chi connectivity index (χ2v) is 3.22. The molecule has 0 aromatic heterocycles. The Bertz CT molecular complexity index is 104. The lowest BCUT2D eigenvalue weighted by atomic mass is 10.2. The van der Waals surface area contributed by atoms with Crippen LogP contribution in [0.25, 0.3) is 0 Å². The normalized spacial score (nSPS) is 12.7. The largest absolute Gasteiger partial charge is 0.356 e. The minimum atomic E-state index is 0.128. The Morgan fingerprint density at radius 3 is 2.70 bits per heavy atom. The number of thiol groups is 1. The minimum absolute atomic E-state index is 0.128. The molecule has 60 valence electrons. The molecule has 1 atom stereocenters. The molecule has 0 saturated heterocycles. The first-order chi connectivity index (χ1) is 4.66. The van der Waals surface area contributed by atoms with Gasteiger partial charge in [0, 0.05) is 13.0 Å². The van der Waals surface area contributed by atoms with Crippen LogP contribution in [0.2, 0.25) is 0 Å². The maximum atomic E-state index is 10.8. The van der Waals surface area contributed by atoms with Gasteiger partial charge in [-0.05, 0) is 18.6 Å². The van der Waals surface area contributed by atoms with E-state index < -0.39 is 0 Å². The summed E-state index contributed by atoms with van der Waals surface area (Å²) in [6, 6.07) is 0. The summed E-state index contributed by atoms with van der Waals surface area (Å²) in [5.41, 5.74) is 0. The Kier molecular flexibility index (Phi) is 5.49. The van der Waals surface area contributed by atoms with Crippen molar-refractivity contribution in [1.82, 2.24) is 5.32 Å². The van der Waals surface area contributed by atoms with Gasteiger partial charge in [0.15, 0.2) is 0 Å². The van der Waals surface area contributed by atoms with Gasteiger partial charge >= 0.3 is 0 Å². The van der Waals surface area contributed by atoms with Gasteiger partial charge in [-0.1, -0.05) is 6.92 Å². The summed E-state index contributed by atoms with van der Waals surface area (Å²) in [6.07, 6.45) is 1.45. The van der Waals surface area contributed by atoms with Crippen LogP contribution in [0, 0.1) is 0 Å². The number of rotatable bonds is 4. The number of nitrogens with one attached hydrogen (secondary N) is 1. The van der Waals surface area contributed by atoms with Crippen LogP contribution >= 0.6 is 12.6 Å². The van der Waals surface area contributed by atoms with E-state index in [9.17, 15) is 4.79 Å². The van der Waals surface area contributed by atoms with Crippen molar-refractivity contribution in [1.29, 1.82) is 0 Å². The highest BCUT2D eigenvalue weighted by Gasteiger charge is 2.00. The second-order valence-electron chi connectivity index (χ2n) is 2.34. The fourth-order valence-corrected chi connectivity index (χ4v) is 0.755. The van der Waals surface area contributed by atoms with E-state index in [0.717, 1.165) is 13.0 Å². The predicted octanol–water partition coefficient (Wildman–Crippen LogP) is 1.22. The van der Waals surface area contributed by atoms with E-state index in [1.54, 1.807) is 0 Å². The van der Waals surface area contributed by atoms with E-state index in [1.165, 1.54) is 0 Å². The maximum absolute atomic E-state index is 10.8. The number of hydrogen-bond acceptors (Lipinski definition) is 2. The van der Waals surface area contributed by atoms with Crippen molar-refractivity contribution in [2.45, 2.75) is 31.9 Å². The van der Waals surface area contributed by atoms with Crippen molar-refractivity contribution < 1.29 is 4.79 Å². The molecule has 1 amide bonds. The topological polar surface area (TPSA) is 29.1 Å². The van der Waals surface area contributed by atoms with Crippen molar-refractivity contribution in [2.75, 3.05) is 6.54 Å². The molecule has 0 radical (unpaired) electrons. The monoisotopic (exact) mass is 161 g/mol. The van der Waals surface area contributed by atoms with Crippen LogP contribution in [0.3, 0.4) is 0 Å². The zero-order valence-electron chi connectivity index (χ0n) is 6.55. The second kappa shape index (κ2) is 5.59. The van der Waals surface area contributed by atoms with Crippen LogP contribution in [-0.2, 0) is 4.79 Å². The van der Waals surface area contributed by atoms with E-state index >= 15 is 0 Å². The van der Waals surface area contributed by atoms with Gasteiger partial charge in [-0.2, -0.15) is 12.6 Å². The molecule has 3 heteroatoms. The van der Waals surface area contributed by atoms with Gasteiger partial charge in [0.05, 0.1) is 0 Å². The minimum Gasteiger partial charge on any atom is -0.356 e.